The Morgan fingerprint density at radius 1 is 0.625 bits per heavy atom. The van der Waals surface area contributed by atoms with Crippen molar-refractivity contribution in [3.8, 4) is 37.0 Å². The normalized spacial score (nSPS) is 12.8. The number of terminal acetylenes is 3. The zero-order chi connectivity index (χ0) is 13.2. The third-order valence-electron chi connectivity index (χ3n) is 3.28. The first-order valence-electron chi connectivity index (χ1n) is 5.48. The van der Waals surface area contributed by atoms with Gasteiger partial charge in [-0.25, -0.2) is 0 Å². The van der Waals surface area contributed by atoms with Gasteiger partial charge in [-0.3, -0.25) is 0 Å². The lowest BCUT2D eigenvalue weighted by Crippen LogP contribution is -2.44. The van der Waals surface area contributed by atoms with Crippen LogP contribution in [0.4, 0.5) is 0 Å². The minimum absolute atomic E-state index is 0.189. The summed E-state index contributed by atoms with van der Waals surface area (Å²) in [6.07, 6.45) is 17.0. The molecule has 0 aromatic heterocycles. The summed E-state index contributed by atoms with van der Waals surface area (Å²) in [7, 11) is -1.57. The summed E-state index contributed by atoms with van der Waals surface area (Å²) < 4.78 is 0. The highest BCUT2D eigenvalue weighted by Crippen LogP contribution is 2.52. The molecule has 0 aromatic rings. The molecule has 1 heteroatoms. The molecule has 16 heavy (non-hydrogen) atoms. The van der Waals surface area contributed by atoms with Crippen molar-refractivity contribution in [2.75, 3.05) is 0 Å². The molecule has 0 aliphatic heterocycles. The second-order valence-corrected chi connectivity index (χ2v) is 11.2. The largest absolute Gasteiger partial charge is 0.120 e. The molecule has 0 aliphatic rings. The lowest BCUT2D eigenvalue weighted by Gasteiger charge is -2.45. The molecule has 0 saturated carbocycles. The third-order valence-corrected chi connectivity index (χ3v) is 8.11. The van der Waals surface area contributed by atoms with Crippen molar-refractivity contribution in [2.45, 2.75) is 56.7 Å². The Hall–Kier alpha value is -1.10. The standard InChI is InChI=1S/C15H22Si/c1-10-13(4,5)16(14(6,7)11-2)15(8,9)12-3/h1-3,16H,4-9H3. The number of rotatable bonds is 3. The number of hydrogen-bond acceptors (Lipinski definition) is 0. The van der Waals surface area contributed by atoms with Gasteiger partial charge in [-0.1, -0.05) is 41.5 Å². The first kappa shape index (κ1) is 14.9. The zero-order valence-corrected chi connectivity index (χ0v) is 12.5. The van der Waals surface area contributed by atoms with Gasteiger partial charge in [0.15, 0.2) is 0 Å². The van der Waals surface area contributed by atoms with Crippen LogP contribution in [0.25, 0.3) is 0 Å². The molecule has 0 rings (SSSR count). The SMILES string of the molecule is C#CC(C)(C)[SiH](C(C)(C)C#C)C(C)(C)C#C. The van der Waals surface area contributed by atoms with Gasteiger partial charge in [-0.05, 0) is 0 Å². The maximum Gasteiger partial charge on any atom is 0.0969 e. The van der Waals surface area contributed by atoms with Crippen molar-refractivity contribution in [3.05, 3.63) is 0 Å². The van der Waals surface area contributed by atoms with Crippen molar-refractivity contribution in [1.29, 1.82) is 0 Å². The Morgan fingerprint density at radius 2 is 0.812 bits per heavy atom. The maximum atomic E-state index is 5.66. The molecule has 0 nitrogen and oxygen atoms in total. The first-order valence-corrected chi connectivity index (χ1v) is 7.21. The lowest BCUT2D eigenvalue weighted by atomic mass is 10.2. The van der Waals surface area contributed by atoms with Crippen LogP contribution in [0.3, 0.4) is 0 Å². The van der Waals surface area contributed by atoms with Gasteiger partial charge in [-0.15, -0.1) is 37.0 Å². The summed E-state index contributed by atoms with van der Waals surface area (Å²) in [6, 6.07) is 0. The van der Waals surface area contributed by atoms with Crippen molar-refractivity contribution in [1.82, 2.24) is 0 Å². The molecule has 0 spiro atoms. The fourth-order valence-corrected chi connectivity index (χ4v) is 8.87. The molecular weight excluding hydrogens is 208 g/mol. The van der Waals surface area contributed by atoms with Crippen molar-refractivity contribution in [3.63, 3.8) is 0 Å². The zero-order valence-electron chi connectivity index (χ0n) is 11.3. The minimum Gasteiger partial charge on any atom is -0.120 e. The van der Waals surface area contributed by atoms with E-state index in [0.29, 0.717) is 0 Å². The predicted molar refractivity (Wildman–Crippen MR) is 75.8 cm³/mol. The van der Waals surface area contributed by atoms with Gasteiger partial charge in [0.05, 0.1) is 8.80 Å². The van der Waals surface area contributed by atoms with Crippen LogP contribution in [0.15, 0.2) is 0 Å². The van der Waals surface area contributed by atoms with Crippen LogP contribution in [0.2, 0.25) is 15.1 Å². The summed E-state index contributed by atoms with van der Waals surface area (Å²) in [5, 5.41) is -0.566. The summed E-state index contributed by atoms with van der Waals surface area (Å²) in [5.74, 6) is 8.68. The summed E-state index contributed by atoms with van der Waals surface area (Å²) >= 11 is 0. The molecule has 0 bridgehead atoms. The Morgan fingerprint density at radius 3 is 0.938 bits per heavy atom. The van der Waals surface area contributed by atoms with Crippen molar-refractivity contribution in [2.24, 2.45) is 0 Å². The Labute approximate surface area is 103 Å². The van der Waals surface area contributed by atoms with E-state index in [1.165, 1.54) is 0 Å². The molecule has 0 unspecified atom stereocenters. The molecule has 0 atom stereocenters. The van der Waals surface area contributed by atoms with Gasteiger partial charge in [0.1, 0.15) is 0 Å². The summed E-state index contributed by atoms with van der Waals surface area (Å²) in [5.41, 5.74) is 0. The Balaban J connectivity index is 5.76. The van der Waals surface area contributed by atoms with E-state index in [2.05, 4.69) is 59.3 Å². The average molecular weight is 230 g/mol. The molecule has 0 heterocycles. The van der Waals surface area contributed by atoms with E-state index in [-0.39, 0.29) is 15.1 Å². The fraction of sp³-hybridized carbons (Fsp3) is 0.600. The third kappa shape index (κ3) is 2.72. The Bertz CT molecular complexity index is 315. The van der Waals surface area contributed by atoms with Crippen molar-refractivity contribution < 1.29 is 0 Å². The lowest BCUT2D eigenvalue weighted by molar-refractivity contribution is 0.683. The smallest absolute Gasteiger partial charge is 0.0969 e. The van der Waals surface area contributed by atoms with E-state index in [4.69, 9.17) is 19.3 Å². The summed E-state index contributed by atoms with van der Waals surface area (Å²) in [4.78, 5) is 0. The highest BCUT2D eigenvalue weighted by Gasteiger charge is 2.49. The highest BCUT2D eigenvalue weighted by molar-refractivity contribution is 6.71. The second kappa shape index (κ2) is 4.41. The van der Waals surface area contributed by atoms with E-state index in [0.717, 1.165) is 0 Å². The maximum absolute atomic E-state index is 5.66. The van der Waals surface area contributed by atoms with Crippen LogP contribution >= 0.6 is 0 Å². The second-order valence-electron chi connectivity index (χ2n) is 6.03. The topological polar surface area (TPSA) is 0 Å². The molecule has 0 radical (unpaired) electrons. The van der Waals surface area contributed by atoms with E-state index in [1.807, 2.05) is 0 Å². The van der Waals surface area contributed by atoms with Gasteiger partial charge in [0, 0.05) is 15.1 Å². The van der Waals surface area contributed by atoms with Crippen molar-refractivity contribution >= 4 is 8.80 Å². The monoisotopic (exact) mass is 230 g/mol. The van der Waals surface area contributed by atoms with Crippen LogP contribution in [-0.2, 0) is 0 Å². The van der Waals surface area contributed by atoms with Crippen LogP contribution in [0.1, 0.15) is 41.5 Å². The van der Waals surface area contributed by atoms with E-state index >= 15 is 0 Å². The molecule has 0 N–H and O–H groups in total. The summed E-state index contributed by atoms with van der Waals surface area (Å²) in [6.45, 7) is 12.5. The number of hydrogen-bond donors (Lipinski definition) is 0. The molecule has 0 saturated heterocycles. The average Bonchev–Trinajstić information content (AvgIpc) is 2.16. The molecule has 0 amide bonds. The van der Waals surface area contributed by atoms with Crippen LogP contribution in [0.5, 0.6) is 0 Å². The van der Waals surface area contributed by atoms with Gasteiger partial charge < -0.3 is 0 Å². The van der Waals surface area contributed by atoms with Gasteiger partial charge >= 0.3 is 0 Å². The Kier molecular flexibility index (Phi) is 4.10. The van der Waals surface area contributed by atoms with E-state index < -0.39 is 8.80 Å². The minimum atomic E-state index is -1.57. The molecule has 86 valence electrons. The molecule has 0 fully saturated rings. The molecule has 0 aliphatic carbocycles. The highest BCUT2D eigenvalue weighted by atomic mass is 28.3. The predicted octanol–water partition coefficient (Wildman–Crippen LogP) is 3.45. The van der Waals surface area contributed by atoms with Crippen LogP contribution in [-0.4, -0.2) is 8.80 Å². The molecular formula is C15H22Si. The van der Waals surface area contributed by atoms with Crippen LogP contribution in [0, 0.1) is 37.0 Å². The van der Waals surface area contributed by atoms with Gasteiger partial charge in [-0.2, -0.15) is 0 Å². The van der Waals surface area contributed by atoms with E-state index in [9.17, 15) is 0 Å². The van der Waals surface area contributed by atoms with E-state index in [1.54, 1.807) is 0 Å². The van der Waals surface area contributed by atoms with Crippen LogP contribution < -0.4 is 0 Å². The van der Waals surface area contributed by atoms with Gasteiger partial charge in [0.25, 0.3) is 0 Å². The van der Waals surface area contributed by atoms with Gasteiger partial charge in [0.2, 0.25) is 0 Å². The first-order chi connectivity index (χ1) is 7.05. The molecule has 0 aromatic carbocycles. The quantitative estimate of drug-likeness (QED) is 0.514. The fourth-order valence-electron chi connectivity index (χ4n) is 2.96.